The Morgan fingerprint density at radius 2 is 1.94 bits per heavy atom. The number of anilines is 1. The van der Waals surface area contributed by atoms with Gasteiger partial charge in [0.05, 0.1) is 18.8 Å². The highest BCUT2D eigenvalue weighted by Gasteiger charge is 1.96. The van der Waals surface area contributed by atoms with E-state index in [2.05, 4.69) is 17.2 Å². The third-order valence-corrected chi connectivity index (χ3v) is 2.53. The Balaban J connectivity index is 1.86. The molecular weight excluding hydrogens is 224 g/mol. The maximum absolute atomic E-state index is 5.53. The van der Waals surface area contributed by atoms with Crippen LogP contribution in [0.15, 0.2) is 48.7 Å². The molecule has 1 heterocycles. The van der Waals surface area contributed by atoms with Crippen LogP contribution in [-0.4, -0.2) is 11.6 Å². The summed E-state index contributed by atoms with van der Waals surface area (Å²) in [4.78, 5) is 4.26. The number of nitrogens with zero attached hydrogens (tertiary/aromatic N) is 1. The summed E-state index contributed by atoms with van der Waals surface area (Å²) < 4.78 is 5.53. The lowest BCUT2D eigenvalue weighted by Gasteiger charge is -2.08. The molecule has 1 N–H and O–H groups in total. The Labute approximate surface area is 108 Å². The van der Waals surface area contributed by atoms with Crippen LogP contribution in [-0.2, 0) is 6.54 Å². The second kappa shape index (κ2) is 6.64. The average Bonchev–Trinajstić information content (AvgIpc) is 2.45. The van der Waals surface area contributed by atoms with Gasteiger partial charge >= 0.3 is 0 Å². The quantitative estimate of drug-likeness (QED) is 0.842. The zero-order valence-electron chi connectivity index (χ0n) is 10.6. The van der Waals surface area contributed by atoms with Crippen molar-refractivity contribution in [3.63, 3.8) is 0 Å². The molecule has 1 aromatic heterocycles. The zero-order valence-corrected chi connectivity index (χ0v) is 10.6. The van der Waals surface area contributed by atoms with Crippen LogP contribution in [0.25, 0.3) is 0 Å². The van der Waals surface area contributed by atoms with Gasteiger partial charge in [-0.1, -0.05) is 13.0 Å². The van der Waals surface area contributed by atoms with Crippen molar-refractivity contribution in [3.8, 4) is 5.75 Å². The van der Waals surface area contributed by atoms with Gasteiger partial charge in [0.15, 0.2) is 0 Å². The van der Waals surface area contributed by atoms with E-state index >= 15 is 0 Å². The van der Waals surface area contributed by atoms with Crippen molar-refractivity contribution in [2.24, 2.45) is 0 Å². The summed E-state index contributed by atoms with van der Waals surface area (Å²) in [5.41, 5.74) is 2.10. The fourth-order valence-corrected chi connectivity index (χ4v) is 1.58. The van der Waals surface area contributed by atoms with Crippen molar-refractivity contribution in [1.29, 1.82) is 0 Å². The summed E-state index contributed by atoms with van der Waals surface area (Å²) in [5.74, 6) is 0.917. The normalized spacial score (nSPS) is 10.1. The average molecular weight is 242 g/mol. The summed E-state index contributed by atoms with van der Waals surface area (Å²) in [6, 6.07) is 13.9. The molecule has 1 aromatic carbocycles. The summed E-state index contributed by atoms with van der Waals surface area (Å²) in [6.45, 7) is 3.60. The first-order valence-corrected chi connectivity index (χ1v) is 6.25. The molecule has 94 valence electrons. The number of aromatic nitrogens is 1. The van der Waals surface area contributed by atoms with E-state index in [4.69, 9.17) is 4.74 Å². The number of benzene rings is 1. The highest BCUT2D eigenvalue weighted by molar-refractivity contribution is 5.46. The third kappa shape index (κ3) is 3.77. The van der Waals surface area contributed by atoms with Crippen LogP contribution in [0, 0.1) is 0 Å². The highest BCUT2D eigenvalue weighted by Crippen LogP contribution is 2.16. The van der Waals surface area contributed by atoms with E-state index < -0.39 is 0 Å². The van der Waals surface area contributed by atoms with Gasteiger partial charge in [0.25, 0.3) is 0 Å². The van der Waals surface area contributed by atoms with Crippen LogP contribution in [0.1, 0.15) is 19.0 Å². The lowest BCUT2D eigenvalue weighted by atomic mass is 10.3. The second-order valence-electron chi connectivity index (χ2n) is 4.05. The second-order valence-corrected chi connectivity index (χ2v) is 4.05. The maximum Gasteiger partial charge on any atom is 0.119 e. The SMILES string of the molecule is CCCOc1ccc(NCc2ccccn2)cc1. The van der Waals surface area contributed by atoms with E-state index in [9.17, 15) is 0 Å². The predicted octanol–water partition coefficient (Wildman–Crippen LogP) is 3.48. The van der Waals surface area contributed by atoms with Gasteiger partial charge in [-0.3, -0.25) is 4.98 Å². The molecule has 0 saturated heterocycles. The summed E-state index contributed by atoms with van der Waals surface area (Å²) in [6.07, 6.45) is 2.83. The Bertz CT molecular complexity index is 454. The van der Waals surface area contributed by atoms with Crippen LogP contribution in [0.4, 0.5) is 5.69 Å². The lowest BCUT2D eigenvalue weighted by Crippen LogP contribution is -2.01. The number of ether oxygens (including phenoxy) is 1. The van der Waals surface area contributed by atoms with E-state index in [1.54, 1.807) is 6.20 Å². The van der Waals surface area contributed by atoms with Crippen molar-refractivity contribution >= 4 is 5.69 Å². The molecule has 0 unspecified atom stereocenters. The number of pyridine rings is 1. The van der Waals surface area contributed by atoms with Crippen molar-refractivity contribution in [2.75, 3.05) is 11.9 Å². The predicted molar refractivity (Wildman–Crippen MR) is 73.8 cm³/mol. The molecule has 3 heteroatoms. The monoisotopic (exact) mass is 242 g/mol. The topological polar surface area (TPSA) is 34.1 Å². The van der Waals surface area contributed by atoms with Crippen LogP contribution < -0.4 is 10.1 Å². The maximum atomic E-state index is 5.53. The minimum absolute atomic E-state index is 0.732. The van der Waals surface area contributed by atoms with E-state index in [1.807, 2.05) is 42.5 Å². The largest absolute Gasteiger partial charge is 0.494 e. The minimum Gasteiger partial charge on any atom is -0.494 e. The van der Waals surface area contributed by atoms with Crippen molar-refractivity contribution < 1.29 is 4.74 Å². The molecule has 0 aliphatic heterocycles. The van der Waals surface area contributed by atoms with E-state index in [1.165, 1.54) is 0 Å². The van der Waals surface area contributed by atoms with Gasteiger partial charge in [0.1, 0.15) is 5.75 Å². The molecular formula is C15H18N2O. The van der Waals surface area contributed by atoms with Gasteiger partial charge in [0.2, 0.25) is 0 Å². The minimum atomic E-state index is 0.732. The van der Waals surface area contributed by atoms with Crippen LogP contribution >= 0.6 is 0 Å². The molecule has 0 fully saturated rings. The zero-order chi connectivity index (χ0) is 12.6. The van der Waals surface area contributed by atoms with Gasteiger partial charge in [0, 0.05) is 11.9 Å². The molecule has 2 aromatic rings. The lowest BCUT2D eigenvalue weighted by molar-refractivity contribution is 0.317. The third-order valence-electron chi connectivity index (χ3n) is 2.53. The van der Waals surface area contributed by atoms with Gasteiger partial charge in [-0.25, -0.2) is 0 Å². The van der Waals surface area contributed by atoms with Gasteiger partial charge in [-0.05, 0) is 42.8 Å². The standard InChI is InChI=1S/C15H18N2O/c1-2-11-18-15-8-6-13(7-9-15)17-12-14-5-3-4-10-16-14/h3-10,17H,2,11-12H2,1H3. The molecule has 18 heavy (non-hydrogen) atoms. The Hall–Kier alpha value is -2.03. The van der Waals surface area contributed by atoms with Gasteiger partial charge < -0.3 is 10.1 Å². The molecule has 0 amide bonds. The summed E-state index contributed by atoms with van der Waals surface area (Å²) in [7, 11) is 0. The van der Waals surface area contributed by atoms with Gasteiger partial charge in [-0.15, -0.1) is 0 Å². The Morgan fingerprint density at radius 3 is 2.61 bits per heavy atom. The first-order chi connectivity index (χ1) is 8.88. The Morgan fingerprint density at radius 1 is 1.11 bits per heavy atom. The van der Waals surface area contributed by atoms with Crippen LogP contribution in [0.5, 0.6) is 5.75 Å². The molecule has 0 saturated carbocycles. The number of rotatable bonds is 6. The number of hydrogen-bond acceptors (Lipinski definition) is 3. The van der Waals surface area contributed by atoms with Crippen molar-refractivity contribution in [1.82, 2.24) is 4.98 Å². The number of nitrogens with one attached hydrogen (secondary N) is 1. The summed E-state index contributed by atoms with van der Waals surface area (Å²) >= 11 is 0. The van der Waals surface area contributed by atoms with E-state index in [0.717, 1.165) is 36.7 Å². The Kier molecular flexibility index (Phi) is 4.59. The molecule has 0 radical (unpaired) electrons. The first kappa shape index (κ1) is 12.4. The van der Waals surface area contributed by atoms with E-state index in [0.29, 0.717) is 0 Å². The molecule has 2 rings (SSSR count). The van der Waals surface area contributed by atoms with Crippen molar-refractivity contribution in [2.45, 2.75) is 19.9 Å². The molecule has 0 aliphatic rings. The molecule has 0 bridgehead atoms. The molecule has 0 atom stereocenters. The van der Waals surface area contributed by atoms with Crippen molar-refractivity contribution in [3.05, 3.63) is 54.4 Å². The molecule has 0 spiro atoms. The summed E-state index contributed by atoms with van der Waals surface area (Å²) in [5, 5.41) is 3.33. The fraction of sp³-hybridized carbons (Fsp3) is 0.267. The smallest absolute Gasteiger partial charge is 0.119 e. The highest BCUT2D eigenvalue weighted by atomic mass is 16.5. The fourth-order valence-electron chi connectivity index (χ4n) is 1.58. The molecule has 3 nitrogen and oxygen atoms in total. The van der Waals surface area contributed by atoms with Gasteiger partial charge in [-0.2, -0.15) is 0 Å². The van der Waals surface area contributed by atoms with Crippen LogP contribution in [0.3, 0.4) is 0 Å². The first-order valence-electron chi connectivity index (χ1n) is 6.25. The van der Waals surface area contributed by atoms with Crippen LogP contribution in [0.2, 0.25) is 0 Å². The number of hydrogen-bond donors (Lipinski definition) is 1. The van der Waals surface area contributed by atoms with E-state index in [-0.39, 0.29) is 0 Å². The molecule has 0 aliphatic carbocycles.